The van der Waals surface area contributed by atoms with Gasteiger partial charge in [-0.2, -0.15) is 0 Å². The Bertz CT molecular complexity index is 777. The van der Waals surface area contributed by atoms with Gasteiger partial charge >= 0.3 is 6.09 Å². The second-order valence-electron chi connectivity index (χ2n) is 6.75. The van der Waals surface area contributed by atoms with Gasteiger partial charge in [-0.15, -0.1) is 0 Å². The summed E-state index contributed by atoms with van der Waals surface area (Å²) < 4.78 is 5.24. The Hall–Kier alpha value is -3.02. The molecule has 2 aromatic rings. The molecule has 0 aliphatic carbocycles. The third-order valence-corrected chi connectivity index (χ3v) is 3.24. The fraction of sp³-hybridized carbons (Fsp3) is 0.263. The molecule has 6 heteroatoms. The van der Waals surface area contributed by atoms with Crippen LogP contribution in [0.25, 0.3) is 0 Å². The van der Waals surface area contributed by atoms with Crippen molar-refractivity contribution in [1.82, 2.24) is 0 Å². The summed E-state index contributed by atoms with van der Waals surface area (Å²) in [4.78, 5) is 24.4. The molecule has 0 bridgehead atoms. The first-order chi connectivity index (χ1) is 11.6. The quantitative estimate of drug-likeness (QED) is 0.730. The molecule has 0 heterocycles. The first kappa shape index (κ1) is 18.3. The molecule has 0 saturated heterocycles. The molecule has 0 aliphatic heterocycles. The van der Waals surface area contributed by atoms with Gasteiger partial charge in [-0.3, -0.25) is 10.1 Å². The van der Waals surface area contributed by atoms with Crippen molar-refractivity contribution in [2.24, 2.45) is 0 Å². The van der Waals surface area contributed by atoms with E-state index in [4.69, 9.17) is 10.5 Å². The van der Waals surface area contributed by atoms with Crippen molar-refractivity contribution in [3.05, 3.63) is 53.6 Å². The Kier molecular flexibility index (Phi) is 5.32. The summed E-state index contributed by atoms with van der Waals surface area (Å²) in [5.74, 6) is -0.281. The van der Waals surface area contributed by atoms with Gasteiger partial charge in [0.15, 0.2) is 0 Å². The van der Waals surface area contributed by atoms with Crippen molar-refractivity contribution in [2.45, 2.75) is 33.3 Å². The fourth-order valence-electron chi connectivity index (χ4n) is 2.09. The van der Waals surface area contributed by atoms with Crippen LogP contribution in [-0.2, 0) is 4.74 Å². The van der Waals surface area contributed by atoms with E-state index in [9.17, 15) is 9.59 Å². The molecule has 6 nitrogen and oxygen atoms in total. The van der Waals surface area contributed by atoms with Crippen molar-refractivity contribution in [1.29, 1.82) is 0 Å². The number of aryl methyl sites for hydroxylation is 1. The highest BCUT2D eigenvalue weighted by Gasteiger charge is 2.18. The number of anilines is 3. The van der Waals surface area contributed by atoms with E-state index in [-0.39, 0.29) is 5.91 Å². The lowest BCUT2D eigenvalue weighted by molar-refractivity contribution is 0.0635. The predicted octanol–water partition coefficient (Wildman–Crippen LogP) is 4.18. The normalized spacial score (nSPS) is 10.9. The molecule has 2 amide bonds. The summed E-state index contributed by atoms with van der Waals surface area (Å²) in [7, 11) is 0. The number of carbonyl (C=O) groups excluding carboxylic acids is 2. The maximum atomic E-state index is 12.4. The molecule has 0 saturated carbocycles. The van der Waals surface area contributed by atoms with E-state index < -0.39 is 11.7 Å². The highest BCUT2D eigenvalue weighted by molar-refractivity contribution is 6.07. The second-order valence-corrected chi connectivity index (χ2v) is 6.75. The summed E-state index contributed by atoms with van der Waals surface area (Å²) in [5.41, 5.74) is 8.00. The molecule has 0 fully saturated rings. The Balaban J connectivity index is 2.19. The Morgan fingerprint density at radius 1 is 0.960 bits per heavy atom. The maximum Gasteiger partial charge on any atom is 0.412 e. The molecule has 0 aliphatic rings. The van der Waals surface area contributed by atoms with E-state index in [1.807, 2.05) is 19.1 Å². The first-order valence-corrected chi connectivity index (χ1v) is 7.91. The van der Waals surface area contributed by atoms with Gasteiger partial charge in [-0.05, 0) is 58.0 Å². The van der Waals surface area contributed by atoms with Gasteiger partial charge in [0.05, 0.1) is 11.4 Å². The number of hydrogen-bond donors (Lipinski definition) is 3. The van der Waals surface area contributed by atoms with Gasteiger partial charge < -0.3 is 15.8 Å². The third-order valence-electron chi connectivity index (χ3n) is 3.24. The predicted molar refractivity (Wildman–Crippen MR) is 99.8 cm³/mol. The van der Waals surface area contributed by atoms with Crippen molar-refractivity contribution in [2.75, 3.05) is 16.4 Å². The first-order valence-electron chi connectivity index (χ1n) is 7.91. The molecule has 0 spiro atoms. The molecule has 4 N–H and O–H groups in total. The van der Waals surface area contributed by atoms with Crippen LogP contribution in [0.2, 0.25) is 0 Å². The zero-order valence-corrected chi connectivity index (χ0v) is 14.8. The van der Waals surface area contributed by atoms with E-state index in [1.54, 1.807) is 51.1 Å². The highest BCUT2D eigenvalue weighted by Crippen LogP contribution is 2.26. The lowest BCUT2D eigenvalue weighted by Gasteiger charge is -2.20. The van der Waals surface area contributed by atoms with Crippen molar-refractivity contribution >= 4 is 29.1 Å². The van der Waals surface area contributed by atoms with E-state index in [0.29, 0.717) is 22.6 Å². The Morgan fingerprint density at radius 2 is 1.60 bits per heavy atom. The third kappa shape index (κ3) is 5.53. The second kappa shape index (κ2) is 7.25. The standard InChI is InChI=1S/C19H23N3O3/c1-12-5-7-13(8-6-12)17(23)21-15-10-9-14(20)11-16(15)22-18(24)25-19(2,3)4/h5-11H,20H2,1-4H3,(H,21,23)(H,22,24). The van der Waals surface area contributed by atoms with Gasteiger partial charge in [0.1, 0.15) is 5.60 Å². The van der Waals surface area contributed by atoms with Gasteiger partial charge in [-0.1, -0.05) is 17.7 Å². The number of hydrogen-bond acceptors (Lipinski definition) is 4. The molecule has 0 aromatic heterocycles. The molecule has 2 aromatic carbocycles. The molecule has 2 rings (SSSR count). The van der Waals surface area contributed by atoms with Crippen LogP contribution in [0.3, 0.4) is 0 Å². The lowest BCUT2D eigenvalue weighted by atomic mass is 10.1. The average Bonchev–Trinajstić information content (AvgIpc) is 2.48. The number of ether oxygens (including phenoxy) is 1. The monoisotopic (exact) mass is 341 g/mol. The van der Waals surface area contributed by atoms with Crippen LogP contribution in [0.5, 0.6) is 0 Å². The number of amides is 2. The summed E-state index contributed by atoms with van der Waals surface area (Å²) in [5, 5.41) is 5.39. The topological polar surface area (TPSA) is 93.5 Å². The smallest absolute Gasteiger partial charge is 0.412 e. The zero-order chi connectivity index (χ0) is 18.6. The summed E-state index contributed by atoms with van der Waals surface area (Å²) in [6.45, 7) is 7.26. The molecular formula is C19H23N3O3. The SMILES string of the molecule is Cc1ccc(C(=O)Nc2ccc(N)cc2NC(=O)OC(C)(C)C)cc1. The minimum Gasteiger partial charge on any atom is -0.444 e. The molecule has 0 radical (unpaired) electrons. The molecule has 0 unspecified atom stereocenters. The van der Waals surface area contributed by atoms with Crippen LogP contribution in [0.4, 0.5) is 21.9 Å². The van der Waals surface area contributed by atoms with E-state index in [1.165, 1.54) is 0 Å². The van der Waals surface area contributed by atoms with Gasteiger partial charge in [-0.25, -0.2) is 4.79 Å². The highest BCUT2D eigenvalue weighted by atomic mass is 16.6. The average molecular weight is 341 g/mol. The zero-order valence-electron chi connectivity index (χ0n) is 14.8. The van der Waals surface area contributed by atoms with E-state index in [0.717, 1.165) is 5.56 Å². The Labute approximate surface area is 147 Å². The lowest BCUT2D eigenvalue weighted by Crippen LogP contribution is -2.27. The molecule has 25 heavy (non-hydrogen) atoms. The molecular weight excluding hydrogens is 318 g/mol. The number of nitrogens with one attached hydrogen (secondary N) is 2. The number of nitrogen functional groups attached to an aromatic ring is 1. The fourth-order valence-corrected chi connectivity index (χ4v) is 2.09. The Morgan fingerprint density at radius 3 is 2.20 bits per heavy atom. The number of carbonyl (C=O) groups is 2. The number of rotatable bonds is 3. The van der Waals surface area contributed by atoms with Gasteiger partial charge in [0, 0.05) is 11.3 Å². The summed E-state index contributed by atoms with van der Waals surface area (Å²) in [6.07, 6.45) is -0.621. The summed E-state index contributed by atoms with van der Waals surface area (Å²) >= 11 is 0. The van der Waals surface area contributed by atoms with Gasteiger partial charge in [0.2, 0.25) is 0 Å². The van der Waals surface area contributed by atoms with Gasteiger partial charge in [0.25, 0.3) is 5.91 Å². The summed E-state index contributed by atoms with van der Waals surface area (Å²) in [6, 6.07) is 12.0. The van der Waals surface area contributed by atoms with E-state index >= 15 is 0 Å². The molecule has 0 atom stereocenters. The van der Waals surface area contributed by atoms with Crippen LogP contribution in [-0.4, -0.2) is 17.6 Å². The molecule has 132 valence electrons. The van der Waals surface area contributed by atoms with Crippen LogP contribution >= 0.6 is 0 Å². The van der Waals surface area contributed by atoms with Crippen LogP contribution in [0, 0.1) is 6.92 Å². The van der Waals surface area contributed by atoms with Crippen LogP contribution in [0.1, 0.15) is 36.7 Å². The minimum absolute atomic E-state index is 0.281. The maximum absolute atomic E-state index is 12.4. The van der Waals surface area contributed by atoms with Crippen molar-refractivity contribution in [3.8, 4) is 0 Å². The van der Waals surface area contributed by atoms with Crippen molar-refractivity contribution < 1.29 is 14.3 Å². The van der Waals surface area contributed by atoms with E-state index in [2.05, 4.69) is 10.6 Å². The van der Waals surface area contributed by atoms with Crippen LogP contribution < -0.4 is 16.4 Å². The number of benzene rings is 2. The minimum atomic E-state index is -0.629. The largest absolute Gasteiger partial charge is 0.444 e. The number of nitrogens with two attached hydrogens (primary N) is 1. The van der Waals surface area contributed by atoms with Crippen molar-refractivity contribution in [3.63, 3.8) is 0 Å². The van der Waals surface area contributed by atoms with Crippen LogP contribution in [0.15, 0.2) is 42.5 Å².